The Kier molecular flexibility index (Phi) is 20.0. The molecule has 4 rings (SSSR count). The van der Waals surface area contributed by atoms with Crippen molar-refractivity contribution in [3.8, 4) is 0 Å². The van der Waals surface area contributed by atoms with Gasteiger partial charge in [0.25, 0.3) is 5.96 Å². The largest absolute Gasteiger partial charge is 0.458 e. The molecule has 0 saturated heterocycles. The summed E-state index contributed by atoms with van der Waals surface area (Å²) in [7, 11) is 0. The highest BCUT2D eigenvalue weighted by Crippen LogP contribution is 2.52. The van der Waals surface area contributed by atoms with Gasteiger partial charge in [-0.3, -0.25) is 9.59 Å². The normalized spacial score (nSPS) is 26.1. The summed E-state index contributed by atoms with van der Waals surface area (Å²) in [5, 5.41) is 6.12. The van der Waals surface area contributed by atoms with Gasteiger partial charge in [-0.05, 0) is 90.8 Å². The number of unbranched alkanes of at least 4 members (excludes halogenated alkanes) is 2. The third-order valence-electron chi connectivity index (χ3n) is 16.0. The minimum absolute atomic E-state index is 0.00649. The van der Waals surface area contributed by atoms with E-state index in [1.807, 2.05) is 27.7 Å². The van der Waals surface area contributed by atoms with Crippen LogP contribution < -0.4 is 10.6 Å². The monoisotopic (exact) mass is 975 g/mol. The first-order valence-electron chi connectivity index (χ1n) is 27.4. The van der Waals surface area contributed by atoms with Gasteiger partial charge < -0.3 is 25.1 Å². The van der Waals surface area contributed by atoms with Crippen molar-refractivity contribution in [2.45, 2.75) is 234 Å². The number of guanidine groups is 1. The Morgan fingerprint density at radius 1 is 0.629 bits per heavy atom. The molecule has 0 radical (unpaired) electrons. The van der Waals surface area contributed by atoms with Gasteiger partial charge in [0.15, 0.2) is 11.5 Å². The highest BCUT2D eigenvalue weighted by atomic mass is 16.5. The smallest absolute Gasteiger partial charge is 0.361 e. The number of carbonyl (C=O) groups is 4. The highest BCUT2D eigenvalue weighted by Gasteiger charge is 2.50. The van der Waals surface area contributed by atoms with E-state index in [4.69, 9.17) is 24.5 Å². The van der Waals surface area contributed by atoms with Crippen LogP contribution in [-0.4, -0.2) is 58.5 Å². The molecule has 396 valence electrons. The van der Waals surface area contributed by atoms with E-state index in [9.17, 15) is 14.4 Å². The van der Waals surface area contributed by atoms with Crippen molar-refractivity contribution in [1.29, 1.82) is 0 Å². The lowest BCUT2D eigenvalue weighted by Crippen LogP contribution is -2.51. The van der Waals surface area contributed by atoms with Crippen LogP contribution in [0.5, 0.6) is 0 Å². The molecule has 2 saturated carbocycles. The molecule has 2 aliphatic carbocycles. The lowest BCUT2D eigenvalue weighted by Gasteiger charge is -2.50. The van der Waals surface area contributed by atoms with Gasteiger partial charge >= 0.3 is 11.9 Å². The van der Waals surface area contributed by atoms with E-state index in [2.05, 4.69) is 126 Å². The van der Waals surface area contributed by atoms with E-state index >= 15 is 4.79 Å². The Bertz CT molecular complexity index is 2020. The predicted molar refractivity (Wildman–Crippen MR) is 288 cm³/mol. The van der Waals surface area contributed by atoms with Crippen molar-refractivity contribution < 1.29 is 28.7 Å². The maximum Gasteiger partial charge on any atom is 0.361 e. The molecule has 12 heteroatoms. The molecule has 12 nitrogen and oxygen atoms in total. The van der Waals surface area contributed by atoms with Gasteiger partial charge in [0.1, 0.15) is 29.4 Å². The van der Waals surface area contributed by atoms with Gasteiger partial charge in [-0.1, -0.05) is 164 Å². The summed E-state index contributed by atoms with van der Waals surface area (Å²) < 4.78 is 13.5. The number of nitrogens with one attached hydrogen (secondary N) is 3. The summed E-state index contributed by atoms with van der Waals surface area (Å²) in [5.41, 5.74) is 0.0629. The molecular formula is C58H98N6O6. The molecule has 6 unspecified atom stereocenters. The van der Waals surface area contributed by atoms with E-state index in [1.165, 1.54) is 0 Å². The molecule has 0 spiro atoms. The van der Waals surface area contributed by atoms with Crippen molar-refractivity contribution in [1.82, 2.24) is 10.3 Å². The van der Waals surface area contributed by atoms with Crippen LogP contribution in [0.3, 0.4) is 0 Å². The van der Waals surface area contributed by atoms with Crippen LogP contribution in [0.4, 0.5) is 11.6 Å². The number of hydrogen-bond donors (Lipinski definition) is 3. The van der Waals surface area contributed by atoms with E-state index in [0.29, 0.717) is 43.1 Å². The lowest BCUT2D eigenvalue weighted by molar-refractivity contribution is -0.161. The topological polar surface area (TPSA) is 164 Å². The first kappa shape index (κ1) is 58.7. The maximum absolute atomic E-state index is 15.2. The number of anilines is 1. The standard InChI is InChI=1S/C58H98N6O6/c1-21-25-27-36(23-3)50(65)61-48-43(52(67)69-45-38(55(9,10)11)29-34(7)30-39(45)56(12,13)14)42(33(5)6)47(60-48)63-54-59-44(49(64-54)62-51(66)37(24-4)28-26-22-2)53(68)70-46-40(57(15,16)17)31-35(8)32-41(46)58(18,19)20/h33-41,45-46,60H,21-32H2,1-20H3,(H,61,65)(H,62,63,64,66). The number of aromatic nitrogens is 1. The van der Waals surface area contributed by atoms with Gasteiger partial charge in [0, 0.05) is 41.1 Å². The number of hydrogen-bond acceptors (Lipinski definition) is 7. The molecular weight excluding hydrogens is 877 g/mol. The molecule has 2 fully saturated rings. The fourth-order valence-corrected chi connectivity index (χ4v) is 11.7. The van der Waals surface area contributed by atoms with Crippen molar-refractivity contribution >= 4 is 52.9 Å². The fourth-order valence-electron chi connectivity index (χ4n) is 11.7. The Morgan fingerprint density at radius 2 is 1.03 bits per heavy atom. The zero-order valence-corrected chi connectivity index (χ0v) is 47.6. The molecule has 2 heterocycles. The summed E-state index contributed by atoms with van der Waals surface area (Å²) in [6, 6.07) is 0. The Labute approximate surface area is 424 Å². The quantitative estimate of drug-likeness (QED) is 0.132. The van der Waals surface area contributed by atoms with Crippen molar-refractivity contribution in [2.24, 2.45) is 84.0 Å². The number of nitrogens with zero attached hydrogens (tertiary/aromatic N) is 3. The van der Waals surface area contributed by atoms with Crippen LogP contribution in [-0.2, 0) is 23.9 Å². The van der Waals surface area contributed by atoms with Crippen LogP contribution in [0.2, 0.25) is 0 Å². The van der Waals surface area contributed by atoms with Gasteiger partial charge in [-0.15, -0.1) is 0 Å². The minimum Gasteiger partial charge on any atom is -0.458 e. The van der Waals surface area contributed by atoms with E-state index < -0.39 is 18.0 Å². The minimum atomic E-state index is -0.664. The number of amides is 2. The summed E-state index contributed by atoms with van der Waals surface area (Å²) in [6.07, 6.45) is 9.28. The molecule has 3 aliphatic rings. The van der Waals surface area contributed by atoms with E-state index in [1.54, 1.807) is 0 Å². The van der Waals surface area contributed by atoms with Crippen LogP contribution in [0.15, 0.2) is 15.0 Å². The molecule has 0 bridgehead atoms. The number of rotatable bonds is 17. The third-order valence-corrected chi connectivity index (χ3v) is 16.0. The molecule has 3 N–H and O–H groups in total. The Hall–Kier alpha value is -3.83. The molecule has 6 atom stereocenters. The van der Waals surface area contributed by atoms with Crippen LogP contribution in [0.1, 0.15) is 237 Å². The maximum atomic E-state index is 15.2. The second kappa shape index (κ2) is 23.8. The summed E-state index contributed by atoms with van der Waals surface area (Å²) in [5.74, 6) is -0.804. The average Bonchev–Trinajstić information content (AvgIpc) is 3.81. The van der Waals surface area contributed by atoms with Crippen molar-refractivity contribution in [3.05, 3.63) is 11.1 Å². The second-order valence-corrected chi connectivity index (χ2v) is 26.4. The number of ether oxygens (including phenoxy) is 2. The SMILES string of the molecule is CCCCC(CC)C(=O)NC1=NC(=Nc2[nH]c(NC(=O)C(CC)CCCC)c(C(=O)OC3C(C(C)(C)C)CC(C)CC3C(C)(C)C)c2C(C)C)N=C1C(=O)OC1C(C(C)(C)C)CC(C)CC1C(C)(C)C. The first-order chi connectivity index (χ1) is 32.4. The molecule has 1 aliphatic heterocycles. The first-order valence-corrected chi connectivity index (χ1v) is 27.4. The molecule has 1 aromatic heterocycles. The number of carbonyl (C=O) groups excluding carboxylic acids is 4. The highest BCUT2D eigenvalue weighted by molar-refractivity contribution is 6.69. The van der Waals surface area contributed by atoms with Gasteiger partial charge in [0.05, 0.1) is 0 Å². The zero-order valence-electron chi connectivity index (χ0n) is 47.6. The summed E-state index contributed by atoms with van der Waals surface area (Å²) in [4.78, 5) is 76.0. The third kappa shape index (κ3) is 14.7. The molecule has 2 amide bonds. The second-order valence-electron chi connectivity index (χ2n) is 26.4. The van der Waals surface area contributed by atoms with E-state index in [-0.39, 0.29) is 116 Å². The lowest BCUT2D eigenvalue weighted by atomic mass is 9.59. The van der Waals surface area contributed by atoms with E-state index in [0.717, 1.165) is 51.4 Å². The number of esters is 2. The number of amidine groups is 1. The molecule has 0 aromatic carbocycles. The molecule has 1 aromatic rings. The number of aromatic amines is 1. The summed E-state index contributed by atoms with van der Waals surface area (Å²) in [6.45, 7) is 43.4. The van der Waals surface area contributed by atoms with Crippen molar-refractivity contribution in [2.75, 3.05) is 5.32 Å². The Morgan fingerprint density at radius 3 is 1.40 bits per heavy atom. The van der Waals surface area contributed by atoms with Gasteiger partial charge in [0.2, 0.25) is 11.8 Å². The van der Waals surface area contributed by atoms with Crippen LogP contribution in [0, 0.1) is 69.0 Å². The summed E-state index contributed by atoms with van der Waals surface area (Å²) >= 11 is 0. The van der Waals surface area contributed by atoms with Crippen LogP contribution >= 0.6 is 0 Å². The zero-order chi connectivity index (χ0) is 52.8. The average molecular weight is 975 g/mol. The van der Waals surface area contributed by atoms with Crippen LogP contribution in [0.25, 0.3) is 0 Å². The Balaban J connectivity index is 1.94. The predicted octanol–water partition coefficient (Wildman–Crippen LogP) is 14.4. The molecule has 70 heavy (non-hydrogen) atoms. The van der Waals surface area contributed by atoms with Gasteiger partial charge in [-0.25, -0.2) is 9.59 Å². The van der Waals surface area contributed by atoms with Crippen molar-refractivity contribution in [3.63, 3.8) is 0 Å². The fraction of sp³-hybridized carbons (Fsp3) is 0.810. The van der Waals surface area contributed by atoms with Gasteiger partial charge in [-0.2, -0.15) is 15.0 Å². The number of H-pyrrole nitrogens is 1. The number of aliphatic imine (C=N–C) groups is 3.